The molecule has 4 heteroatoms. The molecule has 0 atom stereocenters. The van der Waals surface area contributed by atoms with Gasteiger partial charge in [-0.25, -0.2) is 0 Å². The number of anilines is 1. The Balaban J connectivity index is 1.49. The van der Waals surface area contributed by atoms with Crippen LogP contribution < -0.4 is 10.2 Å². The minimum Gasteiger partial charge on any atom is -0.348 e. The average molecular weight is 399 g/mol. The van der Waals surface area contributed by atoms with Gasteiger partial charge in [0.25, 0.3) is 11.8 Å². The molecule has 0 saturated heterocycles. The van der Waals surface area contributed by atoms with Crippen LogP contribution in [0.15, 0.2) is 66.7 Å². The quantitative estimate of drug-likeness (QED) is 0.685. The fraction of sp³-hybridized carbons (Fsp3) is 0.231. The molecule has 0 radical (unpaired) electrons. The van der Waals surface area contributed by atoms with Gasteiger partial charge >= 0.3 is 0 Å². The maximum Gasteiger partial charge on any atom is 0.258 e. The van der Waals surface area contributed by atoms with E-state index >= 15 is 0 Å². The summed E-state index contributed by atoms with van der Waals surface area (Å²) in [6.45, 7) is 5.24. The fourth-order valence-corrected chi connectivity index (χ4v) is 3.79. The Labute approximate surface area is 177 Å². The van der Waals surface area contributed by atoms with Crippen LogP contribution in [0.3, 0.4) is 0 Å². The van der Waals surface area contributed by atoms with E-state index < -0.39 is 0 Å². The Kier molecular flexibility index (Phi) is 5.66. The van der Waals surface area contributed by atoms with Gasteiger partial charge in [-0.2, -0.15) is 0 Å². The molecule has 0 saturated carbocycles. The summed E-state index contributed by atoms with van der Waals surface area (Å²) in [7, 11) is 0. The highest BCUT2D eigenvalue weighted by atomic mass is 16.2. The van der Waals surface area contributed by atoms with Crippen LogP contribution >= 0.6 is 0 Å². The Bertz CT molecular complexity index is 1070. The Morgan fingerprint density at radius 1 is 0.867 bits per heavy atom. The topological polar surface area (TPSA) is 49.4 Å². The van der Waals surface area contributed by atoms with E-state index in [1.54, 1.807) is 0 Å². The van der Waals surface area contributed by atoms with Crippen molar-refractivity contribution >= 4 is 17.5 Å². The Morgan fingerprint density at radius 3 is 2.20 bits per heavy atom. The minimum atomic E-state index is -0.0969. The highest BCUT2D eigenvalue weighted by molar-refractivity contribution is 6.07. The van der Waals surface area contributed by atoms with E-state index in [0.717, 1.165) is 35.2 Å². The monoisotopic (exact) mass is 398 g/mol. The first kappa shape index (κ1) is 19.9. The third kappa shape index (κ3) is 4.28. The van der Waals surface area contributed by atoms with Crippen LogP contribution in [0.5, 0.6) is 0 Å². The fourth-order valence-electron chi connectivity index (χ4n) is 3.79. The second-order valence-corrected chi connectivity index (χ2v) is 7.94. The van der Waals surface area contributed by atoms with Gasteiger partial charge in [-0.15, -0.1) is 0 Å². The summed E-state index contributed by atoms with van der Waals surface area (Å²) in [6.07, 6.45) is 1.76. The van der Waals surface area contributed by atoms with Crippen molar-refractivity contribution in [1.29, 1.82) is 0 Å². The summed E-state index contributed by atoms with van der Waals surface area (Å²) in [5.41, 5.74) is 6.67. The number of benzene rings is 3. The van der Waals surface area contributed by atoms with Crippen LogP contribution in [-0.2, 0) is 13.0 Å². The van der Waals surface area contributed by atoms with Crippen molar-refractivity contribution in [2.45, 2.75) is 33.2 Å². The van der Waals surface area contributed by atoms with Crippen molar-refractivity contribution in [1.82, 2.24) is 5.32 Å². The number of carbonyl (C=O) groups is 2. The zero-order chi connectivity index (χ0) is 21.1. The first-order valence-electron chi connectivity index (χ1n) is 10.4. The van der Waals surface area contributed by atoms with Crippen molar-refractivity contribution in [2.24, 2.45) is 0 Å². The van der Waals surface area contributed by atoms with Gasteiger partial charge in [0.15, 0.2) is 0 Å². The molecule has 1 N–H and O–H groups in total. The number of carbonyl (C=O) groups excluding carboxylic acids is 2. The number of fused-ring (bicyclic) bond motifs is 1. The number of rotatable bonds is 4. The summed E-state index contributed by atoms with van der Waals surface area (Å²) in [5.74, 6) is -0.0899. The zero-order valence-corrected chi connectivity index (χ0v) is 17.4. The lowest BCUT2D eigenvalue weighted by molar-refractivity contribution is 0.0950. The van der Waals surface area contributed by atoms with E-state index in [1.807, 2.05) is 85.5 Å². The van der Waals surface area contributed by atoms with Crippen molar-refractivity contribution in [3.05, 3.63) is 100 Å². The average Bonchev–Trinajstić information content (AvgIpc) is 2.77. The molecule has 3 aromatic rings. The van der Waals surface area contributed by atoms with Gasteiger partial charge in [0.2, 0.25) is 0 Å². The highest BCUT2D eigenvalue weighted by Gasteiger charge is 2.24. The number of nitrogens with one attached hydrogen (secondary N) is 1. The van der Waals surface area contributed by atoms with E-state index in [9.17, 15) is 9.59 Å². The molecule has 30 heavy (non-hydrogen) atoms. The third-order valence-corrected chi connectivity index (χ3v) is 5.58. The lowest BCUT2D eigenvalue weighted by atomic mass is 9.98. The number of hydrogen-bond donors (Lipinski definition) is 1. The first-order valence-corrected chi connectivity index (χ1v) is 10.4. The van der Waals surface area contributed by atoms with Crippen molar-refractivity contribution < 1.29 is 9.59 Å². The maximum atomic E-state index is 13.0. The third-order valence-electron chi connectivity index (χ3n) is 5.58. The van der Waals surface area contributed by atoms with Gasteiger partial charge in [0.05, 0.1) is 0 Å². The molecule has 2 amide bonds. The standard InChI is InChI=1S/C26H26N2O2/c1-18-5-9-20(10-6-18)17-27-25(29)23-13-14-24-22(16-23)4-3-15-28(24)26(30)21-11-7-19(2)8-12-21/h5-14,16H,3-4,15,17H2,1-2H3,(H,27,29). The Morgan fingerprint density at radius 2 is 1.50 bits per heavy atom. The molecule has 0 aliphatic carbocycles. The number of amides is 2. The number of nitrogens with zero attached hydrogens (tertiary/aromatic N) is 1. The van der Waals surface area contributed by atoms with Crippen molar-refractivity contribution in [3.8, 4) is 0 Å². The lowest BCUT2D eigenvalue weighted by Crippen LogP contribution is -2.35. The molecule has 3 aromatic carbocycles. The first-order chi connectivity index (χ1) is 14.5. The predicted octanol–water partition coefficient (Wildman–Crippen LogP) is 4.83. The summed E-state index contributed by atoms with van der Waals surface area (Å²) in [5, 5.41) is 2.99. The van der Waals surface area contributed by atoms with Gasteiger partial charge < -0.3 is 10.2 Å². The van der Waals surface area contributed by atoms with Crippen LogP contribution in [0, 0.1) is 13.8 Å². The molecule has 0 aromatic heterocycles. The molecule has 0 spiro atoms. The Hall–Kier alpha value is -3.40. The van der Waals surface area contributed by atoms with E-state index in [1.165, 1.54) is 5.56 Å². The predicted molar refractivity (Wildman–Crippen MR) is 120 cm³/mol. The molecular weight excluding hydrogens is 372 g/mol. The molecule has 0 fully saturated rings. The second kappa shape index (κ2) is 8.54. The SMILES string of the molecule is Cc1ccc(CNC(=O)c2ccc3c(c2)CCCN3C(=O)c2ccc(C)cc2)cc1. The van der Waals surface area contributed by atoms with E-state index in [2.05, 4.69) is 5.32 Å². The minimum absolute atomic E-state index is 0.00697. The van der Waals surface area contributed by atoms with E-state index in [4.69, 9.17) is 0 Å². The summed E-state index contributed by atoms with van der Waals surface area (Å²) in [6, 6.07) is 21.4. The highest BCUT2D eigenvalue weighted by Crippen LogP contribution is 2.29. The molecule has 1 aliphatic heterocycles. The van der Waals surface area contributed by atoms with Gasteiger partial charge in [0, 0.05) is 29.9 Å². The molecular formula is C26H26N2O2. The number of aryl methyl sites for hydroxylation is 3. The second-order valence-electron chi connectivity index (χ2n) is 7.94. The summed E-state index contributed by atoms with van der Waals surface area (Å²) >= 11 is 0. The van der Waals surface area contributed by atoms with Gasteiger partial charge in [0.1, 0.15) is 0 Å². The molecule has 0 bridgehead atoms. The molecule has 4 rings (SSSR count). The van der Waals surface area contributed by atoms with E-state index in [0.29, 0.717) is 24.2 Å². The molecule has 1 heterocycles. The molecule has 1 aliphatic rings. The molecule has 152 valence electrons. The van der Waals surface area contributed by atoms with Gasteiger partial charge in [-0.1, -0.05) is 47.5 Å². The zero-order valence-electron chi connectivity index (χ0n) is 17.4. The van der Waals surface area contributed by atoms with Crippen LogP contribution in [0.2, 0.25) is 0 Å². The van der Waals surface area contributed by atoms with Crippen molar-refractivity contribution in [3.63, 3.8) is 0 Å². The van der Waals surface area contributed by atoms with Crippen LogP contribution in [0.25, 0.3) is 0 Å². The summed E-state index contributed by atoms with van der Waals surface area (Å²) in [4.78, 5) is 27.5. The summed E-state index contributed by atoms with van der Waals surface area (Å²) < 4.78 is 0. The molecule has 0 unspecified atom stereocenters. The van der Waals surface area contributed by atoms with Crippen LogP contribution in [0.1, 0.15) is 49.4 Å². The van der Waals surface area contributed by atoms with Gasteiger partial charge in [-0.3, -0.25) is 9.59 Å². The normalized spacial score (nSPS) is 12.9. The van der Waals surface area contributed by atoms with Crippen LogP contribution in [-0.4, -0.2) is 18.4 Å². The van der Waals surface area contributed by atoms with Crippen molar-refractivity contribution in [2.75, 3.05) is 11.4 Å². The lowest BCUT2D eigenvalue weighted by Gasteiger charge is -2.30. The molecule has 4 nitrogen and oxygen atoms in total. The maximum absolute atomic E-state index is 13.0. The largest absolute Gasteiger partial charge is 0.348 e. The van der Waals surface area contributed by atoms with Crippen LogP contribution in [0.4, 0.5) is 5.69 Å². The van der Waals surface area contributed by atoms with E-state index in [-0.39, 0.29) is 11.8 Å². The van der Waals surface area contributed by atoms with Gasteiger partial charge in [-0.05, 0) is 68.1 Å². The number of hydrogen-bond acceptors (Lipinski definition) is 2. The smallest absolute Gasteiger partial charge is 0.258 e.